The lowest BCUT2D eigenvalue weighted by molar-refractivity contribution is 0.100. The van der Waals surface area contributed by atoms with E-state index in [4.69, 9.17) is 0 Å². The number of aliphatic hydroxyl groups excluding tert-OH is 1. The van der Waals surface area contributed by atoms with Crippen LogP contribution >= 0.6 is 0 Å². The van der Waals surface area contributed by atoms with E-state index in [0.717, 1.165) is 25.4 Å². The molecule has 18 heavy (non-hydrogen) atoms. The lowest BCUT2D eigenvalue weighted by Gasteiger charge is -2.40. The van der Waals surface area contributed by atoms with E-state index < -0.39 is 0 Å². The first-order valence-electron chi connectivity index (χ1n) is 7.49. The van der Waals surface area contributed by atoms with Crippen LogP contribution in [0.25, 0.3) is 0 Å². The van der Waals surface area contributed by atoms with Gasteiger partial charge in [0.2, 0.25) is 0 Å². The normalized spacial score (nSPS) is 24.2. The zero-order chi connectivity index (χ0) is 13.6. The first-order chi connectivity index (χ1) is 8.49. The Bertz CT molecular complexity index is 227. The highest BCUT2D eigenvalue weighted by molar-refractivity contribution is 4.85. The molecular weight excluding hydrogens is 224 g/mol. The molecule has 0 spiro atoms. The number of nitrogens with zero attached hydrogens (tertiary/aromatic N) is 1. The van der Waals surface area contributed by atoms with E-state index in [1.54, 1.807) is 0 Å². The van der Waals surface area contributed by atoms with E-state index >= 15 is 0 Å². The zero-order valence-electron chi connectivity index (χ0n) is 12.7. The van der Waals surface area contributed by atoms with Crippen LogP contribution in [0.15, 0.2) is 0 Å². The highest BCUT2D eigenvalue weighted by Crippen LogP contribution is 2.32. The van der Waals surface area contributed by atoms with Gasteiger partial charge in [0, 0.05) is 26.2 Å². The minimum absolute atomic E-state index is 0.302. The molecule has 0 radical (unpaired) electrons. The zero-order valence-corrected chi connectivity index (χ0v) is 12.7. The summed E-state index contributed by atoms with van der Waals surface area (Å²) in [4.78, 5) is 2.46. The second kappa shape index (κ2) is 7.46. The van der Waals surface area contributed by atoms with Gasteiger partial charge in [-0.1, -0.05) is 20.8 Å². The monoisotopic (exact) mass is 256 g/mol. The molecule has 2 atom stereocenters. The topological polar surface area (TPSA) is 35.5 Å². The van der Waals surface area contributed by atoms with E-state index in [1.165, 1.54) is 25.9 Å². The lowest BCUT2D eigenvalue weighted by Crippen LogP contribution is -2.44. The van der Waals surface area contributed by atoms with Gasteiger partial charge < -0.3 is 15.3 Å². The number of aliphatic hydroxyl groups is 1. The third-order valence-corrected chi connectivity index (χ3v) is 4.58. The fourth-order valence-electron chi connectivity index (χ4n) is 2.89. The molecule has 1 aliphatic rings. The second-order valence-electron chi connectivity index (χ2n) is 6.68. The summed E-state index contributed by atoms with van der Waals surface area (Å²) < 4.78 is 0. The van der Waals surface area contributed by atoms with Crippen molar-refractivity contribution in [3.8, 4) is 0 Å². The van der Waals surface area contributed by atoms with Crippen LogP contribution < -0.4 is 5.32 Å². The number of hydrogen-bond acceptors (Lipinski definition) is 3. The number of nitrogens with one attached hydrogen (secondary N) is 1. The molecule has 0 aliphatic carbocycles. The number of hydrogen-bond donors (Lipinski definition) is 2. The predicted molar refractivity (Wildman–Crippen MR) is 77.7 cm³/mol. The molecule has 1 saturated heterocycles. The van der Waals surface area contributed by atoms with Crippen LogP contribution in [-0.4, -0.2) is 49.8 Å². The fourth-order valence-corrected chi connectivity index (χ4v) is 2.89. The van der Waals surface area contributed by atoms with E-state index in [1.807, 2.05) is 0 Å². The van der Waals surface area contributed by atoms with E-state index in [9.17, 15) is 5.11 Å². The molecule has 1 fully saturated rings. The van der Waals surface area contributed by atoms with Gasteiger partial charge in [-0.25, -0.2) is 0 Å². The molecule has 1 rings (SSSR count). The Hall–Kier alpha value is -0.120. The number of likely N-dealkylation sites (tertiary alicyclic amines) is 1. The summed E-state index contributed by atoms with van der Waals surface area (Å²) in [6.45, 7) is 11.7. The maximum atomic E-state index is 9.19. The van der Waals surface area contributed by atoms with Gasteiger partial charge >= 0.3 is 0 Å². The van der Waals surface area contributed by atoms with Crippen LogP contribution in [0.2, 0.25) is 0 Å². The Balaban J connectivity index is 2.34. The van der Waals surface area contributed by atoms with E-state index in [-0.39, 0.29) is 0 Å². The van der Waals surface area contributed by atoms with Gasteiger partial charge in [-0.2, -0.15) is 0 Å². The average molecular weight is 256 g/mol. The van der Waals surface area contributed by atoms with Crippen molar-refractivity contribution in [1.82, 2.24) is 10.2 Å². The summed E-state index contributed by atoms with van der Waals surface area (Å²) in [6, 6.07) is 0. The Morgan fingerprint density at radius 1 is 1.44 bits per heavy atom. The second-order valence-corrected chi connectivity index (χ2v) is 6.68. The maximum Gasteiger partial charge on any atom is 0.0471 e. The van der Waals surface area contributed by atoms with Crippen molar-refractivity contribution >= 4 is 0 Å². The number of rotatable bonds is 7. The summed E-state index contributed by atoms with van der Waals surface area (Å²) in [5.74, 6) is 1.20. The van der Waals surface area contributed by atoms with Gasteiger partial charge in [0.25, 0.3) is 0 Å². The minimum Gasteiger partial charge on any atom is -0.396 e. The van der Waals surface area contributed by atoms with Crippen molar-refractivity contribution in [1.29, 1.82) is 0 Å². The van der Waals surface area contributed by atoms with Gasteiger partial charge in [-0.15, -0.1) is 0 Å². The summed E-state index contributed by atoms with van der Waals surface area (Å²) in [5, 5.41) is 12.8. The van der Waals surface area contributed by atoms with Gasteiger partial charge in [-0.3, -0.25) is 0 Å². The van der Waals surface area contributed by atoms with Crippen LogP contribution in [0.1, 0.15) is 40.0 Å². The summed E-state index contributed by atoms with van der Waals surface area (Å²) >= 11 is 0. The smallest absolute Gasteiger partial charge is 0.0471 e. The molecule has 1 heterocycles. The van der Waals surface area contributed by atoms with Crippen molar-refractivity contribution in [2.45, 2.75) is 40.0 Å². The highest BCUT2D eigenvalue weighted by atomic mass is 16.3. The minimum atomic E-state index is 0.302. The van der Waals surface area contributed by atoms with Crippen molar-refractivity contribution in [2.24, 2.45) is 17.3 Å². The molecule has 0 bridgehead atoms. The molecule has 0 aromatic carbocycles. The Labute approximate surface area is 113 Å². The molecule has 3 heteroatoms. The molecule has 2 N–H and O–H groups in total. The maximum absolute atomic E-state index is 9.19. The van der Waals surface area contributed by atoms with Gasteiger partial charge in [0.05, 0.1) is 0 Å². The molecule has 0 amide bonds. The van der Waals surface area contributed by atoms with Crippen molar-refractivity contribution in [2.75, 3.05) is 39.8 Å². The van der Waals surface area contributed by atoms with Gasteiger partial charge in [-0.05, 0) is 50.1 Å². The van der Waals surface area contributed by atoms with Crippen molar-refractivity contribution in [3.05, 3.63) is 0 Å². The molecule has 108 valence electrons. The van der Waals surface area contributed by atoms with Crippen LogP contribution in [0.5, 0.6) is 0 Å². The van der Waals surface area contributed by atoms with Crippen molar-refractivity contribution in [3.63, 3.8) is 0 Å². The summed E-state index contributed by atoms with van der Waals surface area (Å²) in [6.07, 6.45) is 3.74. The van der Waals surface area contributed by atoms with Crippen LogP contribution in [-0.2, 0) is 0 Å². The van der Waals surface area contributed by atoms with E-state index in [2.05, 4.69) is 38.0 Å². The third-order valence-electron chi connectivity index (χ3n) is 4.58. The van der Waals surface area contributed by atoms with Crippen LogP contribution in [0.4, 0.5) is 0 Å². The van der Waals surface area contributed by atoms with Gasteiger partial charge in [0.15, 0.2) is 0 Å². The van der Waals surface area contributed by atoms with Crippen LogP contribution in [0.3, 0.4) is 0 Å². The molecular formula is C15H32N2O. The quantitative estimate of drug-likeness (QED) is 0.731. The van der Waals surface area contributed by atoms with E-state index in [0.29, 0.717) is 17.9 Å². The van der Waals surface area contributed by atoms with Crippen LogP contribution in [0, 0.1) is 17.3 Å². The molecule has 0 aromatic heterocycles. The lowest BCUT2D eigenvalue weighted by atomic mass is 9.74. The first kappa shape index (κ1) is 15.9. The van der Waals surface area contributed by atoms with Gasteiger partial charge in [0.1, 0.15) is 0 Å². The predicted octanol–water partition coefficient (Wildman–Crippen LogP) is 1.96. The molecule has 1 aliphatic heterocycles. The third kappa shape index (κ3) is 4.87. The Morgan fingerprint density at radius 3 is 2.72 bits per heavy atom. The molecule has 0 aromatic rings. The standard InChI is InChI=1S/C15H32N2O/c1-5-13(11-18)9-16-12-15(2,3)14-7-6-8-17(4)10-14/h13-14,16,18H,5-12H2,1-4H3. The fraction of sp³-hybridized carbons (Fsp3) is 1.00. The number of piperidine rings is 1. The summed E-state index contributed by atoms with van der Waals surface area (Å²) in [5.41, 5.74) is 0.350. The molecule has 3 nitrogen and oxygen atoms in total. The SMILES string of the molecule is CCC(CO)CNCC(C)(C)C1CCCN(C)C1. The summed E-state index contributed by atoms with van der Waals surface area (Å²) in [7, 11) is 2.23. The Morgan fingerprint density at radius 2 is 2.17 bits per heavy atom. The average Bonchev–Trinajstić information content (AvgIpc) is 2.34. The molecule has 2 unspecified atom stereocenters. The first-order valence-corrected chi connectivity index (χ1v) is 7.49. The molecule has 0 saturated carbocycles. The van der Waals surface area contributed by atoms with Crippen molar-refractivity contribution < 1.29 is 5.11 Å². The largest absolute Gasteiger partial charge is 0.396 e. The highest BCUT2D eigenvalue weighted by Gasteiger charge is 2.31. The Kier molecular flexibility index (Phi) is 6.61.